The summed E-state index contributed by atoms with van der Waals surface area (Å²) in [4.78, 5) is 25.1. The highest BCUT2D eigenvalue weighted by molar-refractivity contribution is 6.04. The minimum Gasteiger partial charge on any atom is -0.496 e. The van der Waals surface area contributed by atoms with Crippen LogP contribution in [0.15, 0.2) is 18.2 Å². The number of amides is 2. The average molecular weight is 277 g/mol. The molecule has 1 unspecified atom stereocenters. The van der Waals surface area contributed by atoms with Gasteiger partial charge in [-0.1, -0.05) is 6.07 Å². The molecule has 2 amide bonds. The topological polar surface area (TPSA) is 84.7 Å². The number of nitrogens with two attached hydrogens (primary N) is 1. The Labute approximate surface area is 117 Å². The van der Waals surface area contributed by atoms with Gasteiger partial charge in [0.2, 0.25) is 11.8 Å². The van der Waals surface area contributed by atoms with E-state index in [4.69, 9.17) is 10.5 Å². The lowest BCUT2D eigenvalue weighted by Crippen LogP contribution is -2.57. The molecule has 3 N–H and O–H groups in total. The number of nitrogens with zero attached hydrogens (tertiary/aromatic N) is 1. The molecule has 6 heteroatoms. The maximum absolute atomic E-state index is 11.8. The second kappa shape index (κ2) is 5.50. The smallest absolute Gasteiger partial charge is 0.249 e. The molecule has 6 nitrogen and oxygen atoms in total. The number of carbonyl (C=O) groups is 2. The van der Waals surface area contributed by atoms with Gasteiger partial charge in [0.25, 0.3) is 0 Å². The average Bonchev–Trinajstić information content (AvgIpc) is 2.41. The molecule has 1 heterocycles. The van der Waals surface area contributed by atoms with Crippen molar-refractivity contribution < 1.29 is 14.3 Å². The van der Waals surface area contributed by atoms with E-state index in [1.54, 1.807) is 18.9 Å². The molecule has 1 aliphatic rings. The van der Waals surface area contributed by atoms with Gasteiger partial charge in [-0.15, -0.1) is 0 Å². The molecule has 1 fully saturated rings. The molecule has 2 rings (SSSR count). The number of benzene rings is 1. The molecule has 0 aliphatic carbocycles. The largest absolute Gasteiger partial charge is 0.496 e. The fourth-order valence-corrected chi connectivity index (χ4v) is 2.43. The SMILES string of the molecule is COc1cccc(N2CC(=O)NC(=O)C2C)c1[C@H](C)N. The molecule has 2 atom stereocenters. The van der Waals surface area contributed by atoms with E-state index in [1.807, 2.05) is 25.1 Å². The summed E-state index contributed by atoms with van der Waals surface area (Å²) >= 11 is 0. The highest BCUT2D eigenvalue weighted by Crippen LogP contribution is 2.34. The predicted molar refractivity (Wildman–Crippen MR) is 75.6 cm³/mol. The number of ether oxygens (including phenoxy) is 1. The summed E-state index contributed by atoms with van der Waals surface area (Å²) in [5.74, 6) is 0.0365. The van der Waals surface area contributed by atoms with E-state index in [2.05, 4.69) is 5.32 Å². The van der Waals surface area contributed by atoms with Gasteiger partial charge in [-0.2, -0.15) is 0 Å². The molecule has 1 aromatic rings. The first kappa shape index (κ1) is 14.3. The Morgan fingerprint density at radius 3 is 2.75 bits per heavy atom. The Morgan fingerprint density at radius 2 is 2.15 bits per heavy atom. The second-order valence-electron chi connectivity index (χ2n) is 4.90. The Hall–Kier alpha value is -2.08. The number of rotatable bonds is 3. The third kappa shape index (κ3) is 2.46. The highest BCUT2D eigenvalue weighted by Gasteiger charge is 2.32. The van der Waals surface area contributed by atoms with Crippen LogP contribution in [0.5, 0.6) is 5.75 Å². The second-order valence-corrected chi connectivity index (χ2v) is 4.90. The quantitative estimate of drug-likeness (QED) is 0.789. The van der Waals surface area contributed by atoms with Crippen LogP contribution in [0.25, 0.3) is 0 Å². The van der Waals surface area contributed by atoms with Crippen LogP contribution in [-0.2, 0) is 9.59 Å². The molecule has 0 bridgehead atoms. The van der Waals surface area contributed by atoms with Crippen molar-refractivity contribution in [3.05, 3.63) is 23.8 Å². The molecule has 108 valence electrons. The normalized spacial score (nSPS) is 20.6. The summed E-state index contributed by atoms with van der Waals surface area (Å²) in [6.07, 6.45) is 0. The number of anilines is 1. The number of hydrogen-bond acceptors (Lipinski definition) is 5. The van der Waals surface area contributed by atoms with Crippen molar-refractivity contribution in [2.75, 3.05) is 18.6 Å². The van der Waals surface area contributed by atoms with Gasteiger partial charge in [0.05, 0.1) is 13.7 Å². The van der Waals surface area contributed by atoms with Crippen LogP contribution >= 0.6 is 0 Å². The first-order valence-corrected chi connectivity index (χ1v) is 6.48. The fourth-order valence-electron chi connectivity index (χ4n) is 2.43. The molecule has 1 saturated heterocycles. The summed E-state index contributed by atoms with van der Waals surface area (Å²) in [6, 6.07) is 4.79. The van der Waals surface area contributed by atoms with Gasteiger partial charge in [-0.3, -0.25) is 14.9 Å². The van der Waals surface area contributed by atoms with Gasteiger partial charge in [-0.05, 0) is 26.0 Å². The summed E-state index contributed by atoms with van der Waals surface area (Å²) in [6.45, 7) is 3.73. The van der Waals surface area contributed by atoms with E-state index in [9.17, 15) is 9.59 Å². The molecule has 1 aromatic carbocycles. The Balaban J connectivity index is 2.51. The molecule has 0 spiro atoms. The van der Waals surface area contributed by atoms with Crippen molar-refractivity contribution in [1.82, 2.24) is 5.32 Å². The third-order valence-corrected chi connectivity index (χ3v) is 3.45. The Morgan fingerprint density at radius 1 is 1.45 bits per heavy atom. The zero-order chi connectivity index (χ0) is 14.9. The van der Waals surface area contributed by atoms with Gasteiger partial charge in [0.15, 0.2) is 0 Å². The first-order chi connectivity index (χ1) is 9.45. The van der Waals surface area contributed by atoms with E-state index in [-0.39, 0.29) is 24.4 Å². The van der Waals surface area contributed by atoms with Gasteiger partial charge < -0.3 is 15.4 Å². The highest BCUT2D eigenvalue weighted by atomic mass is 16.5. The molecule has 1 aliphatic heterocycles. The minimum atomic E-state index is -0.433. The van der Waals surface area contributed by atoms with Gasteiger partial charge in [0.1, 0.15) is 11.8 Å². The molecular formula is C14H19N3O3. The summed E-state index contributed by atoms with van der Waals surface area (Å²) < 4.78 is 5.33. The number of imide groups is 1. The molecular weight excluding hydrogens is 258 g/mol. The van der Waals surface area contributed by atoms with Gasteiger partial charge in [-0.25, -0.2) is 0 Å². The van der Waals surface area contributed by atoms with Crippen molar-refractivity contribution in [3.8, 4) is 5.75 Å². The van der Waals surface area contributed by atoms with Crippen molar-refractivity contribution in [1.29, 1.82) is 0 Å². The zero-order valence-corrected chi connectivity index (χ0v) is 11.8. The van der Waals surface area contributed by atoms with Crippen LogP contribution in [0.1, 0.15) is 25.5 Å². The molecule has 0 radical (unpaired) electrons. The van der Waals surface area contributed by atoms with Crippen molar-refractivity contribution in [2.24, 2.45) is 5.73 Å². The zero-order valence-electron chi connectivity index (χ0n) is 11.8. The van der Waals surface area contributed by atoms with E-state index >= 15 is 0 Å². The number of hydrogen-bond donors (Lipinski definition) is 2. The van der Waals surface area contributed by atoms with Crippen LogP contribution in [0.4, 0.5) is 5.69 Å². The monoisotopic (exact) mass is 277 g/mol. The van der Waals surface area contributed by atoms with Crippen LogP contribution in [-0.4, -0.2) is 31.5 Å². The summed E-state index contributed by atoms with van der Waals surface area (Å²) in [5, 5.41) is 2.32. The number of nitrogens with one attached hydrogen (secondary N) is 1. The summed E-state index contributed by atoms with van der Waals surface area (Å²) in [5.41, 5.74) is 7.58. The van der Waals surface area contributed by atoms with Crippen molar-refractivity contribution >= 4 is 17.5 Å². The Bertz CT molecular complexity index is 542. The van der Waals surface area contributed by atoms with Crippen LogP contribution in [0.2, 0.25) is 0 Å². The maximum Gasteiger partial charge on any atom is 0.249 e. The molecule has 0 saturated carbocycles. The predicted octanol–water partition coefficient (Wildman–Crippen LogP) is 0.566. The fraction of sp³-hybridized carbons (Fsp3) is 0.429. The van der Waals surface area contributed by atoms with Crippen LogP contribution in [0.3, 0.4) is 0 Å². The van der Waals surface area contributed by atoms with Crippen LogP contribution in [0, 0.1) is 0 Å². The Kier molecular flexibility index (Phi) is 3.94. The lowest BCUT2D eigenvalue weighted by atomic mass is 10.0. The van der Waals surface area contributed by atoms with E-state index in [0.717, 1.165) is 11.3 Å². The number of carbonyl (C=O) groups excluding carboxylic acids is 2. The minimum absolute atomic E-state index is 0.125. The lowest BCUT2D eigenvalue weighted by Gasteiger charge is -2.35. The first-order valence-electron chi connectivity index (χ1n) is 6.48. The van der Waals surface area contributed by atoms with Crippen molar-refractivity contribution in [3.63, 3.8) is 0 Å². The van der Waals surface area contributed by atoms with Crippen molar-refractivity contribution in [2.45, 2.75) is 25.9 Å². The standard InChI is InChI=1S/C14H19N3O3/c1-8(15)13-10(5-4-6-11(13)20-3)17-7-12(18)16-14(19)9(17)2/h4-6,8-9H,7,15H2,1-3H3,(H,16,18,19)/t8-,9?/m0/s1. The van der Waals surface area contributed by atoms with E-state index in [0.29, 0.717) is 5.75 Å². The van der Waals surface area contributed by atoms with E-state index in [1.165, 1.54) is 0 Å². The maximum atomic E-state index is 11.8. The van der Waals surface area contributed by atoms with E-state index < -0.39 is 6.04 Å². The molecule has 0 aromatic heterocycles. The third-order valence-electron chi connectivity index (χ3n) is 3.45. The lowest BCUT2D eigenvalue weighted by molar-refractivity contribution is -0.132. The van der Waals surface area contributed by atoms with Gasteiger partial charge >= 0.3 is 0 Å². The summed E-state index contributed by atoms with van der Waals surface area (Å²) in [7, 11) is 1.57. The van der Waals surface area contributed by atoms with Crippen LogP contribution < -0.4 is 20.7 Å². The van der Waals surface area contributed by atoms with Gasteiger partial charge in [0, 0.05) is 17.3 Å². The molecule has 20 heavy (non-hydrogen) atoms. The number of piperazine rings is 1. The number of methoxy groups -OCH3 is 1.